The number of phenols is 1. The van der Waals surface area contributed by atoms with E-state index in [9.17, 15) is 19.8 Å². The summed E-state index contributed by atoms with van der Waals surface area (Å²) in [5.74, 6) is -1.09. The lowest BCUT2D eigenvalue weighted by Crippen LogP contribution is -2.22. The van der Waals surface area contributed by atoms with Gasteiger partial charge in [0, 0.05) is 12.0 Å². The van der Waals surface area contributed by atoms with Crippen molar-refractivity contribution < 1.29 is 24.2 Å². The summed E-state index contributed by atoms with van der Waals surface area (Å²) in [5, 5.41) is 21.5. The number of aromatic hydroxyl groups is 2. The SMILES string of the molecule is COC(=O)C[C@H](c1cc(C(C)(C)C)c(O)c(C(C)(C)C)c1)c1c(O)cc(C)oc1=O. The summed E-state index contributed by atoms with van der Waals surface area (Å²) in [6.07, 6.45) is -0.157. The largest absolute Gasteiger partial charge is 0.507 e. The molecule has 1 aromatic carbocycles. The summed E-state index contributed by atoms with van der Waals surface area (Å²) in [4.78, 5) is 24.9. The predicted molar refractivity (Wildman–Crippen MR) is 115 cm³/mol. The molecule has 2 rings (SSSR count). The Kier molecular flexibility index (Phi) is 6.40. The van der Waals surface area contributed by atoms with Crippen LogP contribution in [0.4, 0.5) is 0 Å². The first kappa shape index (κ1) is 23.5. The molecule has 1 atom stereocenters. The monoisotopic (exact) mass is 416 g/mol. The van der Waals surface area contributed by atoms with E-state index in [2.05, 4.69) is 0 Å². The van der Waals surface area contributed by atoms with Crippen LogP contribution in [0, 0.1) is 6.92 Å². The standard InChI is InChI=1S/C24H32O6/c1-13-9-18(25)20(22(28)30-13)15(12-19(26)29-8)14-10-16(23(2,3)4)21(27)17(11-14)24(5,6)7/h9-11,15,25,27H,12H2,1-8H3/t15-/m1/s1. The summed E-state index contributed by atoms with van der Waals surface area (Å²) >= 11 is 0. The summed E-state index contributed by atoms with van der Waals surface area (Å²) in [7, 11) is 1.27. The maximum atomic E-state index is 12.6. The van der Waals surface area contributed by atoms with E-state index in [0.717, 1.165) is 0 Å². The molecule has 6 nitrogen and oxygen atoms in total. The Morgan fingerprint density at radius 2 is 1.53 bits per heavy atom. The molecule has 0 amide bonds. The summed E-state index contributed by atoms with van der Waals surface area (Å²) in [6.45, 7) is 13.4. The van der Waals surface area contributed by atoms with Gasteiger partial charge in [0.2, 0.25) is 0 Å². The van der Waals surface area contributed by atoms with E-state index in [1.54, 1.807) is 19.1 Å². The van der Waals surface area contributed by atoms with Gasteiger partial charge in [-0.1, -0.05) is 53.7 Å². The predicted octanol–water partition coefficient (Wildman–Crippen LogP) is 4.65. The van der Waals surface area contributed by atoms with Gasteiger partial charge in [0.1, 0.15) is 17.3 Å². The highest BCUT2D eigenvalue weighted by molar-refractivity contribution is 5.72. The number of rotatable bonds is 4. The van der Waals surface area contributed by atoms with Crippen LogP contribution < -0.4 is 5.63 Å². The van der Waals surface area contributed by atoms with Crippen LogP contribution in [0.5, 0.6) is 11.5 Å². The molecule has 0 radical (unpaired) electrons. The second-order valence-corrected chi connectivity index (χ2v) is 9.74. The molecule has 0 bridgehead atoms. The maximum Gasteiger partial charge on any atom is 0.343 e. The van der Waals surface area contributed by atoms with Gasteiger partial charge in [-0.2, -0.15) is 0 Å². The quantitative estimate of drug-likeness (QED) is 0.704. The average Bonchev–Trinajstić information content (AvgIpc) is 2.58. The Morgan fingerprint density at radius 3 is 1.93 bits per heavy atom. The zero-order valence-corrected chi connectivity index (χ0v) is 19.0. The van der Waals surface area contributed by atoms with Crippen molar-refractivity contribution in [2.24, 2.45) is 0 Å². The lowest BCUT2D eigenvalue weighted by atomic mass is 9.76. The van der Waals surface area contributed by atoms with Crippen molar-refractivity contribution in [3.8, 4) is 11.5 Å². The Hall–Kier alpha value is -2.76. The molecule has 164 valence electrons. The van der Waals surface area contributed by atoms with E-state index in [0.29, 0.717) is 16.7 Å². The fourth-order valence-electron chi connectivity index (χ4n) is 3.56. The number of carbonyl (C=O) groups is 1. The van der Waals surface area contributed by atoms with E-state index < -0.39 is 28.3 Å². The number of methoxy groups -OCH3 is 1. The van der Waals surface area contributed by atoms with Crippen LogP contribution in [-0.4, -0.2) is 23.3 Å². The highest BCUT2D eigenvalue weighted by Crippen LogP contribution is 2.43. The third-order valence-corrected chi connectivity index (χ3v) is 5.19. The lowest BCUT2D eigenvalue weighted by molar-refractivity contribution is -0.140. The minimum atomic E-state index is -0.794. The minimum absolute atomic E-state index is 0.00333. The van der Waals surface area contributed by atoms with Gasteiger partial charge in [-0.15, -0.1) is 0 Å². The Morgan fingerprint density at radius 1 is 1.03 bits per heavy atom. The van der Waals surface area contributed by atoms with E-state index in [-0.39, 0.29) is 29.2 Å². The number of carbonyl (C=O) groups excluding carboxylic acids is 1. The van der Waals surface area contributed by atoms with Gasteiger partial charge in [-0.25, -0.2) is 4.79 Å². The number of esters is 1. The van der Waals surface area contributed by atoms with Gasteiger partial charge in [0.15, 0.2) is 0 Å². The van der Waals surface area contributed by atoms with Crippen LogP contribution in [0.15, 0.2) is 27.4 Å². The van der Waals surface area contributed by atoms with Gasteiger partial charge in [-0.05, 0) is 34.4 Å². The van der Waals surface area contributed by atoms with Crippen molar-refractivity contribution in [3.05, 3.63) is 56.6 Å². The Bertz CT molecular complexity index is 967. The lowest BCUT2D eigenvalue weighted by Gasteiger charge is -2.30. The zero-order valence-electron chi connectivity index (χ0n) is 19.0. The molecule has 1 heterocycles. The first-order valence-electron chi connectivity index (χ1n) is 9.95. The molecule has 0 fully saturated rings. The van der Waals surface area contributed by atoms with Gasteiger partial charge < -0.3 is 19.4 Å². The van der Waals surface area contributed by atoms with Crippen LogP contribution in [0.2, 0.25) is 0 Å². The van der Waals surface area contributed by atoms with Crippen molar-refractivity contribution >= 4 is 5.97 Å². The molecule has 0 aliphatic rings. The molecule has 6 heteroatoms. The number of aryl methyl sites for hydroxylation is 1. The fraction of sp³-hybridized carbons (Fsp3) is 0.500. The number of phenolic OH excluding ortho intramolecular Hbond substituents is 1. The van der Waals surface area contributed by atoms with E-state index in [4.69, 9.17) is 9.15 Å². The first-order valence-corrected chi connectivity index (χ1v) is 9.95. The summed E-state index contributed by atoms with van der Waals surface area (Å²) in [5.41, 5.74) is 0.512. The maximum absolute atomic E-state index is 12.6. The second-order valence-electron chi connectivity index (χ2n) is 9.74. The van der Waals surface area contributed by atoms with Gasteiger partial charge in [-0.3, -0.25) is 4.79 Å². The van der Waals surface area contributed by atoms with Crippen LogP contribution >= 0.6 is 0 Å². The topological polar surface area (TPSA) is 97.0 Å². The first-order chi connectivity index (χ1) is 13.7. The molecule has 0 aliphatic heterocycles. The van der Waals surface area contributed by atoms with Crippen LogP contribution in [-0.2, 0) is 20.4 Å². The molecule has 2 N–H and O–H groups in total. The number of hydrogen-bond acceptors (Lipinski definition) is 6. The summed E-state index contributed by atoms with van der Waals surface area (Å²) in [6, 6.07) is 4.94. The molecule has 0 saturated heterocycles. The van der Waals surface area contributed by atoms with Crippen molar-refractivity contribution in [3.63, 3.8) is 0 Å². The third-order valence-electron chi connectivity index (χ3n) is 5.19. The minimum Gasteiger partial charge on any atom is -0.507 e. The molecule has 0 saturated carbocycles. The number of benzene rings is 1. The van der Waals surface area contributed by atoms with Crippen LogP contribution in [0.3, 0.4) is 0 Å². The van der Waals surface area contributed by atoms with Gasteiger partial charge in [0.25, 0.3) is 0 Å². The molecule has 1 aromatic heterocycles. The molecular weight excluding hydrogens is 384 g/mol. The number of hydrogen-bond donors (Lipinski definition) is 2. The van der Waals surface area contributed by atoms with E-state index in [1.807, 2.05) is 41.5 Å². The molecular formula is C24H32O6. The van der Waals surface area contributed by atoms with Crippen LogP contribution in [0.1, 0.15) is 81.9 Å². The van der Waals surface area contributed by atoms with Gasteiger partial charge >= 0.3 is 11.6 Å². The Balaban J connectivity index is 2.88. The fourth-order valence-corrected chi connectivity index (χ4v) is 3.56. The van der Waals surface area contributed by atoms with Crippen molar-refractivity contribution in [1.29, 1.82) is 0 Å². The Labute approximate surface area is 177 Å². The highest BCUT2D eigenvalue weighted by atomic mass is 16.5. The number of ether oxygens (including phenoxy) is 1. The molecule has 0 unspecified atom stereocenters. The van der Waals surface area contributed by atoms with Crippen LogP contribution in [0.25, 0.3) is 0 Å². The smallest absolute Gasteiger partial charge is 0.343 e. The molecule has 0 spiro atoms. The zero-order chi connectivity index (χ0) is 23.0. The van der Waals surface area contributed by atoms with E-state index in [1.165, 1.54) is 13.2 Å². The molecule has 2 aromatic rings. The van der Waals surface area contributed by atoms with E-state index >= 15 is 0 Å². The van der Waals surface area contributed by atoms with Crippen molar-refractivity contribution in [1.82, 2.24) is 0 Å². The third kappa shape index (κ3) is 4.86. The summed E-state index contributed by atoms with van der Waals surface area (Å²) < 4.78 is 10.1. The van der Waals surface area contributed by atoms with Crippen molar-refractivity contribution in [2.75, 3.05) is 7.11 Å². The van der Waals surface area contributed by atoms with Crippen molar-refractivity contribution in [2.45, 2.75) is 71.6 Å². The normalized spacial score (nSPS) is 13.2. The molecule has 0 aliphatic carbocycles. The van der Waals surface area contributed by atoms with Gasteiger partial charge in [0.05, 0.1) is 19.1 Å². The highest BCUT2D eigenvalue weighted by Gasteiger charge is 2.32. The second kappa shape index (κ2) is 8.17. The average molecular weight is 417 g/mol. The molecule has 30 heavy (non-hydrogen) atoms.